The Bertz CT molecular complexity index is 497. The Kier molecular flexibility index (Phi) is 3.10. The molecule has 0 aliphatic rings. The van der Waals surface area contributed by atoms with Gasteiger partial charge in [-0.2, -0.15) is 0 Å². The van der Waals surface area contributed by atoms with Crippen LogP contribution >= 0.6 is 0 Å². The fourth-order valence-electron chi connectivity index (χ4n) is 0.921. The lowest BCUT2D eigenvalue weighted by Crippen LogP contribution is -2.21. The highest BCUT2D eigenvalue weighted by molar-refractivity contribution is 7.89. The van der Waals surface area contributed by atoms with E-state index in [-0.39, 0.29) is 6.07 Å². The number of rotatable bonds is 2. The normalized spacial score (nSPS) is 12.6. The Balaban J connectivity index is 3.30. The van der Waals surface area contributed by atoms with Gasteiger partial charge in [0.1, 0.15) is 10.7 Å². The molecule has 0 heterocycles. The predicted octanol–water partition coefficient (Wildman–Crippen LogP) is 1.37. The average Bonchev–Trinajstić information content (AvgIpc) is 1.97. The van der Waals surface area contributed by atoms with E-state index < -0.39 is 32.8 Å². The van der Waals surface area contributed by atoms with Gasteiger partial charge < -0.3 is 4.74 Å². The van der Waals surface area contributed by atoms with Crippen LogP contribution in [0, 0.1) is 5.82 Å². The standard InChI is InChI=1S/C7H5F4NO3S/c8-4-1-2-6(16(12,13)14)5(3-4)15-7(9,10)11/h1-3H,(H2,12,13,14). The largest absolute Gasteiger partial charge is 0.573 e. The van der Waals surface area contributed by atoms with Crippen molar-refractivity contribution < 1.29 is 30.7 Å². The van der Waals surface area contributed by atoms with Crippen LogP contribution in [0.4, 0.5) is 17.6 Å². The van der Waals surface area contributed by atoms with Crippen LogP contribution in [0.1, 0.15) is 0 Å². The molecule has 0 saturated heterocycles. The maximum Gasteiger partial charge on any atom is 0.573 e. The number of primary sulfonamides is 1. The monoisotopic (exact) mass is 259 g/mol. The smallest absolute Gasteiger partial charge is 0.404 e. The van der Waals surface area contributed by atoms with Gasteiger partial charge in [0.05, 0.1) is 0 Å². The molecular weight excluding hydrogens is 254 g/mol. The zero-order chi connectivity index (χ0) is 12.6. The Hall–Kier alpha value is -1.35. The van der Waals surface area contributed by atoms with E-state index >= 15 is 0 Å². The number of ether oxygens (including phenoxy) is 1. The molecule has 90 valence electrons. The molecule has 0 aliphatic heterocycles. The number of hydrogen-bond donors (Lipinski definition) is 1. The average molecular weight is 259 g/mol. The molecule has 9 heteroatoms. The molecule has 0 spiro atoms. The van der Waals surface area contributed by atoms with Crippen molar-refractivity contribution in [2.75, 3.05) is 0 Å². The van der Waals surface area contributed by atoms with Gasteiger partial charge in [-0.25, -0.2) is 17.9 Å². The maximum absolute atomic E-state index is 12.6. The first-order chi connectivity index (χ1) is 7.09. The lowest BCUT2D eigenvalue weighted by molar-refractivity contribution is -0.275. The number of halogens is 4. The lowest BCUT2D eigenvalue weighted by Gasteiger charge is -2.11. The first kappa shape index (κ1) is 12.7. The molecule has 0 atom stereocenters. The Labute approximate surface area is 87.7 Å². The van der Waals surface area contributed by atoms with E-state index in [1.54, 1.807) is 0 Å². The molecular formula is C7H5F4NO3S. The maximum atomic E-state index is 12.6. The summed E-state index contributed by atoms with van der Waals surface area (Å²) in [6.07, 6.45) is -5.13. The minimum atomic E-state index is -5.13. The molecule has 1 aromatic rings. The van der Waals surface area contributed by atoms with Crippen LogP contribution in [0.2, 0.25) is 0 Å². The SMILES string of the molecule is NS(=O)(=O)c1ccc(F)cc1OC(F)(F)F. The molecule has 0 aromatic heterocycles. The second-order valence-electron chi connectivity index (χ2n) is 2.68. The van der Waals surface area contributed by atoms with Crippen molar-refractivity contribution in [2.45, 2.75) is 11.3 Å². The van der Waals surface area contributed by atoms with Gasteiger partial charge in [-0.3, -0.25) is 0 Å². The lowest BCUT2D eigenvalue weighted by atomic mass is 10.3. The molecule has 16 heavy (non-hydrogen) atoms. The van der Waals surface area contributed by atoms with Crippen molar-refractivity contribution in [3.8, 4) is 5.75 Å². The van der Waals surface area contributed by atoms with Crippen LogP contribution in [0.25, 0.3) is 0 Å². The minimum absolute atomic E-state index is 0.285. The molecule has 0 amide bonds. The van der Waals surface area contributed by atoms with Crippen molar-refractivity contribution in [3.05, 3.63) is 24.0 Å². The highest BCUT2D eigenvalue weighted by Gasteiger charge is 2.33. The molecule has 0 saturated carbocycles. The molecule has 2 N–H and O–H groups in total. The van der Waals surface area contributed by atoms with E-state index in [4.69, 9.17) is 0 Å². The van der Waals surface area contributed by atoms with Crippen LogP contribution in [0.15, 0.2) is 23.1 Å². The third kappa shape index (κ3) is 3.35. The zero-order valence-electron chi connectivity index (χ0n) is 7.45. The summed E-state index contributed by atoms with van der Waals surface area (Å²) in [5, 5.41) is 4.63. The van der Waals surface area contributed by atoms with Crippen molar-refractivity contribution in [3.63, 3.8) is 0 Å². The van der Waals surface area contributed by atoms with Gasteiger partial charge in [-0.1, -0.05) is 0 Å². The molecule has 0 unspecified atom stereocenters. The fourth-order valence-corrected chi connectivity index (χ4v) is 1.56. The summed E-state index contributed by atoms with van der Waals surface area (Å²) in [4.78, 5) is -0.939. The topological polar surface area (TPSA) is 69.4 Å². The highest BCUT2D eigenvalue weighted by Crippen LogP contribution is 2.29. The summed E-state index contributed by atoms with van der Waals surface area (Å²) in [6.45, 7) is 0. The van der Waals surface area contributed by atoms with E-state index in [1.165, 1.54) is 0 Å². The third-order valence-corrected chi connectivity index (χ3v) is 2.39. The predicted molar refractivity (Wildman–Crippen MR) is 44.5 cm³/mol. The van der Waals surface area contributed by atoms with Gasteiger partial charge in [-0.15, -0.1) is 13.2 Å². The first-order valence-corrected chi connectivity index (χ1v) is 5.22. The number of benzene rings is 1. The number of nitrogens with two attached hydrogens (primary N) is 1. The highest BCUT2D eigenvalue weighted by atomic mass is 32.2. The number of hydrogen-bond acceptors (Lipinski definition) is 3. The second-order valence-corrected chi connectivity index (χ2v) is 4.21. The van der Waals surface area contributed by atoms with E-state index in [0.717, 1.165) is 0 Å². The van der Waals surface area contributed by atoms with Gasteiger partial charge in [0, 0.05) is 6.07 Å². The van der Waals surface area contributed by atoms with E-state index in [2.05, 4.69) is 9.88 Å². The van der Waals surface area contributed by atoms with E-state index in [0.29, 0.717) is 12.1 Å². The molecule has 0 aliphatic carbocycles. The molecule has 0 bridgehead atoms. The van der Waals surface area contributed by atoms with Gasteiger partial charge >= 0.3 is 6.36 Å². The molecule has 1 rings (SSSR count). The first-order valence-electron chi connectivity index (χ1n) is 3.68. The van der Waals surface area contributed by atoms with Crippen LogP contribution in [-0.4, -0.2) is 14.8 Å². The van der Waals surface area contributed by atoms with Gasteiger partial charge in [0.15, 0.2) is 5.75 Å². The van der Waals surface area contributed by atoms with Crippen LogP contribution < -0.4 is 9.88 Å². The van der Waals surface area contributed by atoms with Gasteiger partial charge in [0.25, 0.3) is 0 Å². The molecule has 0 radical (unpaired) electrons. The third-order valence-electron chi connectivity index (χ3n) is 1.44. The Morgan fingerprint density at radius 2 is 1.81 bits per heavy atom. The van der Waals surface area contributed by atoms with E-state index in [1.807, 2.05) is 0 Å². The van der Waals surface area contributed by atoms with Crippen molar-refractivity contribution in [1.82, 2.24) is 0 Å². The molecule has 4 nitrogen and oxygen atoms in total. The molecule has 1 aromatic carbocycles. The second kappa shape index (κ2) is 3.91. The fraction of sp³-hybridized carbons (Fsp3) is 0.143. The minimum Gasteiger partial charge on any atom is -0.404 e. The van der Waals surface area contributed by atoms with Gasteiger partial charge in [-0.05, 0) is 12.1 Å². The van der Waals surface area contributed by atoms with E-state index in [9.17, 15) is 26.0 Å². The summed E-state index contributed by atoms with van der Waals surface area (Å²) in [6, 6.07) is 1.53. The Morgan fingerprint density at radius 1 is 1.25 bits per heavy atom. The van der Waals surface area contributed by atoms with Crippen molar-refractivity contribution in [2.24, 2.45) is 5.14 Å². The number of sulfonamides is 1. The van der Waals surface area contributed by atoms with Crippen molar-refractivity contribution in [1.29, 1.82) is 0 Å². The quantitative estimate of drug-likeness (QED) is 0.815. The zero-order valence-corrected chi connectivity index (χ0v) is 8.27. The van der Waals surface area contributed by atoms with Crippen LogP contribution in [0.5, 0.6) is 5.75 Å². The molecule has 0 fully saturated rings. The van der Waals surface area contributed by atoms with Crippen LogP contribution in [-0.2, 0) is 10.0 Å². The number of alkyl halides is 3. The summed E-state index contributed by atoms with van der Waals surface area (Å²) in [5.41, 5.74) is 0. The van der Waals surface area contributed by atoms with Gasteiger partial charge in [0.2, 0.25) is 10.0 Å². The summed E-state index contributed by atoms with van der Waals surface area (Å²) in [7, 11) is -4.41. The van der Waals surface area contributed by atoms with Crippen molar-refractivity contribution >= 4 is 10.0 Å². The Morgan fingerprint density at radius 3 is 2.25 bits per heavy atom. The van der Waals surface area contributed by atoms with Crippen LogP contribution in [0.3, 0.4) is 0 Å². The summed E-state index contributed by atoms with van der Waals surface area (Å²) < 4.78 is 73.3. The summed E-state index contributed by atoms with van der Waals surface area (Å²) in [5.74, 6) is -2.28. The summed E-state index contributed by atoms with van der Waals surface area (Å²) >= 11 is 0.